The molecule has 0 saturated heterocycles. The van der Waals surface area contributed by atoms with Gasteiger partial charge in [0.25, 0.3) is 0 Å². The fraction of sp³-hybridized carbons (Fsp3) is 0.647. The SMILES string of the molecule is COCc1cccc(NC2CCC(C(C)C)CC2)c1. The number of hydrogen-bond acceptors (Lipinski definition) is 2. The van der Waals surface area contributed by atoms with E-state index in [1.807, 2.05) is 0 Å². The van der Waals surface area contributed by atoms with Gasteiger partial charge in [-0.05, 0) is 55.2 Å². The van der Waals surface area contributed by atoms with Gasteiger partial charge in [0.1, 0.15) is 0 Å². The van der Waals surface area contributed by atoms with Gasteiger partial charge in [0.2, 0.25) is 0 Å². The minimum atomic E-state index is 0.646. The second-order valence-corrected chi connectivity index (χ2v) is 6.13. The van der Waals surface area contributed by atoms with Crippen molar-refractivity contribution in [2.45, 2.75) is 52.2 Å². The van der Waals surface area contributed by atoms with E-state index >= 15 is 0 Å². The van der Waals surface area contributed by atoms with Crippen LogP contribution < -0.4 is 5.32 Å². The van der Waals surface area contributed by atoms with E-state index in [1.165, 1.54) is 36.9 Å². The summed E-state index contributed by atoms with van der Waals surface area (Å²) in [5.74, 6) is 1.77. The van der Waals surface area contributed by atoms with Crippen molar-refractivity contribution in [3.05, 3.63) is 29.8 Å². The maximum atomic E-state index is 5.19. The number of benzene rings is 1. The number of ether oxygens (including phenoxy) is 1. The number of nitrogens with one attached hydrogen (secondary N) is 1. The fourth-order valence-corrected chi connectivity index (χ4v) is 3.08. The lowest BCUT2D eigenvalue weighted by molar-refractivity contribution is 0.185. The van der Waals surface area contributed by atoms with Crippen molar-refractivity contribution in [1.29, 1.82) is 0 Å². The minimum Gasteiger partial charge on any atom is -0.382 e. The molecule has 19 heavy (non-hydrogen) atoms. The van der Waals surface area contributed by atoms with Crippen molar-refractivity contribution in [3.63, 3.8) is 0 Å². The zero-order chi connectivity index (χ0) is 13.7. The van der Waals surface area contributed by atoms with Crippen LogP contribution in [0.5, 0.6) is 0 Å². The van der Waals surface area contributed by atoms with Crippen LogP contribution in [0.3, 0.4) is 0 Å². The summed E-state index contributed by atoms with van der Waals surface area (Å²) in [5, 5.41) is 3.68. The number of methoxy groups -OCH3 is 1. The van der Waals surface area contributed by atoms with E-state index in [9.17, 15) is 0 Å². The molecule has 106 valence electrons. The van der Waals surface area contributed by atoms with Gasteiger partial charge in [0.05, 0.1) is 6.61 Å². The van der Waals surface area contributed by atoms with Crippen molar-refractivity contribution in [2.75, 3.05) is 12.4 Å². The highest BCUT2D eigenvalue weighted by molar-refractivity contribution is 5.46. The Morgan fingerprint density at radius 1 is 1.21 bits per heavy atom. The summed E-state index contributed by atoms with van der Waals surface area (Å²) >= 11 is 0. The van der Waals surface area contributed by atoms with E-state index in [-0.39, 0.29) is 0 Å². The quantitative estimate of drug-likeness (QED) is 0.845. The van der Waals surface area contributed by atoms with Crippen LogP contribution in [0.25, 0.3) is 0 Å². The van der Waals surface area contributed by atoms with Crippen LogP contribution in [0.2, 0.25) is 0 Å². The predicted molar refractivity (Wildman–Crippen MR) is 81.4 cm³/mol. The van der Waals surface area contributed by atoms with Crippen LogP contribution in [0.15, 0.2) is 24.3 Å². The highest BCUT2D eigenvalue weighted by atomic mass is 16.5. The first-order valence-electron chi connectivity index (χ1n) is 7.53. The third kappa shape index (κ3) is 4.24. The predicted octanol–water partition coefficient (Wildman–Crippen LogP) is 4.46. The summed E-state index contributed by atoms with van der Waals surface area (Å²) in [6, 6.07) is 9.24. The van der Waals surface area contributed by atoms with Crippen LogP contribution in [0, 0.1) is 11.8 Å². The molecule has 1 N–H and O–H groups in total. The van der Waals surface area contributed by atoms with Gasteiger partial charge in [0.15, 0.2) is 0 Å². The molecule has 1 aromatic carbocycles. The Balaban J connectivity index is 1.86. The van der Waals surface area contributed by atoms with E-state index in [4.69, 9.17) is 4.74 Å². The van der Waals surface area contributed by atoms with E-state index in [0.29, 0.717) is 12.6 Å². The molecule has 0 aliphatic heterocycles. The zero-order valence-electron chi connectivity index (χ0n) is 12.5. The molecule has 1 saturated carbocycles. The minimum absolute atomic E-state index is 0.646. The highest BCUT2D eigenvalue weighted by Gasteiger charge is 2.22. The monoisotopic (exact) mass is 261 g/mol. The standard InChI is InChI=1S/C17H27NO/c1-13(2)15-7-9-16(10-8-15)18-17-6-4-5-14(11-17)12-19-3/h4-6,11,13,15-16,18H,7-10,12H2,1-3H3. The molecule has 0 amide bonds. The lowest BCUT2D eigenvalue weighted by Gasteiger charge is -2.32. The maximum Gasteiger partial charge on any atom is 0.0713 e. The average molecular weight is 261 g/mol. The summed E-state index contributed by atoms with van der Waals surface area (Å²) in [4.78, 5) is 0. The van der Waals surface area contributed by atoms with Gasteiger partial charge in [-0.2, -0.15) is 0 Å². The maximum absolute atomic E-state index is 5.19. The lowest BCUT2D eigenvalue weighted by Crippen LogP contribution is -2.27. The van der Waals surface area contributed by atoms with E-state index in [2.05, 4.69) is 43.4 Å². The summed E-state index contributed by atoms with van der Waals surface area (Å²) in [6.07, 6.45) is 5.34. The molecular weight excluding hydrogens is 234 g/mol. The van der Waals surface area contributed by atoms with Gasteiger partial charge in [-0.1, -0.05) is 26.0 Å². The first-order valence-corrected chi connectivity index (χ1v) is 7.53. The van der Waals surface area contributed by atoms with Gasteiger partial charge in [-0.15, -0.1) is 0 Å². The van der Waals surface area contributed by atoms with Gasteiger partial charge in [0, 0.05) is 18.8 Å². The molecule has 0 spiro atoms. The summed E-state index contributed by atoms with van der Waals surface area (Å²) < 4.78 is 5.19. The van der Waals surface area contributed by atoms with Crippen molar-refractivity contribution in [1.82, 2.24) is 0 Å². The average Bonchev–Trinajstić information content (AvgIpc) is 2.40. The van der Waals surface area contributed by atoms with E-state index in [1.54, 1.807) is 7.11 Å². The first kappa shape index (κ1) is 14.4. The molecule has 0 aromatic heterocycles. The lowest BCUT2D eigenvalue weighted by atomic mass is 9.79. The fourth-order valence-electron chi connectivity index (χ4n) is 3.08. The summed E-state index contributed by atoms with van der Waals surface area (Å²) in [6.45, 7) is 5.40. The topological polar surface area (TPSA) is 21.3 Å². The van der Waals surface area contributed by atoms with Crippen molar-refractivity contribution >= 4 is 5.69 Å². The largest absolute Gasteiger partial charge is 0.382 e. The third-order valence-corrected chi connectivity index (χ3v) is 4.32. The molecule has 1 aromatic rings. The summed E-state index contributed by atoms with van der Waals surface area (Å²) in [5.41, 5.74) is 2.48. The summed E-state index contributed by atoms with van der Waals surface area (Å²) in [7, 11) is 1.74. The molecule has 0 heterocycles. The smallest absolute Gasteiger partial charge is 0.0713 e. The Hall–Kier alpha value is -1.02. The van der Waals surface area contributed by atoms with Gasteiger partial charge in [-0.25, -0.2) is 0 Å². The molecule has 0 bridgehead atoms. The Kier molecular flexibility index (Phi) is 5.26. The van der Waals surface area contributed by atoms with Gasteiger partial charge in [-0.3, -0.25) is 0 Å². The van der Waals surface area contributed by atoms with Crippen molar-refractivity contribution in [2.24, 2.45) is 11.8 Å². The molecule has 0 unspecified atom stereocenters. The second-order valence-electron chi connectivity index (χ2n) is 6.13. The third-order valence-electron chi connectivity index (χ3n) is 4.32. The van der Waals surface area contributed by atoms with Crippen LogP contribution in [-0.2, 0) is 11.3 Å². The molecule has 0 atom stereocenters. The first-order chi connectivity index (χ1) is 9.19. The van der Waals surface area contributed by atoms with E-state index in [0.717, 1.165) is 11.8 Å². The molecule has 2 nitrogen and oxygen atoms in total. The number of rotatable bonds is 5. The normalized spacial score (nSPS) is 23.6. The van der Waals surface area contributed by atoms with Crippen LogP contribution >= 0.6 is 0 Å². The molecule has 1 fully saturated rings. The van der Waals surface area contributed by atoms with Gasteiger partial charge < -0.3 is 10.1 Å². The molecule has 2 rings (SSSR count). The Morgan fingerprint density at radius 2 is 1.95 bits per heavy atom. The molecular formula is C17H27NO. The van der Waals surface area contributed by atoms with Crippen molar-refractivity contribution < 1.29 is 4.74 Å². The molecule has 1 aliphatic carbocycles. The van der Waals surface area contributed by atoms with Crippen LogP contribution in [0.4, 0.5) is 5.69 Å². The number of anilines is 1. The molecule has 0 radical (unpaired) electrons. The number of hydrogen-bond donors (Lipinski definition) is 1. The van der Waals surface area contributed by atoms with Crippen molar-refractivity contribution in [3.8, 4) is 0 Å². The Labute approximate surface area is 117 Å². The Morgan fingerprint density at radius 3 is 2.58 bits per heavy atom. The van der Waals surface area contributed by atoms with E-state index < -0.39 is 0 Å². The molecule has 1 aliphatic rings. The zero-order valence-corrected chi connectivity index (χ0v) is 12.5. The van der Waals surface area contributed by atoms with Gasteiger partial charge >= 0.3 is 0 Å². The van der Waals surface area contributed by atoms with Crippen LogP contribution in [-0.4, -0.2) is 13.2 Å². The highest BCUT2D eigenvalue weighted by Crippen LogP contribution is 2.31. The second kappa shape index (κ2) is 6.95. The molecule has 2 heteroatoms. The Bertz CT molecular complexity index is 381. The van der Waals surface area contributed by atoms with Crippen LogP contribution in [0.1, 0.15) is 45.1 Å².